The highest BCUT2D eigenvalue weighted by atomic mass is 35.5. The van der Waals surface area contributed by atoms with Crippen LogP contribution in [-0.2, 0) is 0 Å². The van der Waals surface area contributed by atoms with Gasteiger partial charge in [-0.1, -0.05) is 53.5 Å². The predicted octanol–water partition coefficient (Wildman–Crippen LogP) is 5.52. The average molecular weight is 322 g/mol. The fourth-order valence-electron chi connectivity index (χ4n) is 2.47. The van der Waals surface area contributed by atoms with Gasteiger partial charge >= 0.3 is 0 Å². The lowest BCUT2D eigenvalue weighted by Crippen LogP contribution is -2.18. The summed E-state index contributed by atoms with van der Waals surface area (Å²) in [5, 5.41) is 7.91. The van der Waals surface area contributed by atoms with Crippen molar-refractivity contribution in [1.82, 2.24) is 5.32 Å². The molecule has 0 saturated carbocycles. The second-order valence-corrected chi connectivity index (χ2v) is 6.25. The van der Waals surface area contributed by atoms with Gasteiger partial charge in [0.05, 0.1) is 16.1 Å². The number of thiophene rings is 1. The molecule has 4 heteroatoms. The third kappa shape index (κ3) is 2.33. The van der Waals surface area contributed by atoms with Gasteiger partial charge in [0.1, 0.15) is 0 Å². The average Bonchev–Trinajstić information content (AvgIpc) is 2.93. The molecule has 0 fully saturated rings. The van der Waals surface area contributed by atoms with Gasteiger partial charge in [0.15, 0.2) is 0 Å². The quantitative estimate of drug-likeness (QED) is 0.670. The van der Waals surface area contributed by atoms with E-state index in [1.807, 2.05) is 25.2 Å². The van der Waals surface area contributed by atoms with Gasteiger partial charge in [-0.05, 0) is 41.1 Å². The SMILES string of the molecule is CNC(c1cccc(Cl)c1Cl)c1cccc2ccsc12. The molecule has 0 radical (unpaired) electrons. The second kappa shape index (κ2) is 5.74. The molecule has 0 aliphatic heterocycles. The Kier molecular flexibility index (Phi) is 3.99. The normalized spacial score (nSPS) is 12.8. The van der Waals surface area contributed by atoms with E-state index in [2.05, 4.69) is 35.0 Å². The Balaban J connectivity index is 2.19. The third-order valence-corrected chi connectivity index (χ3v) is 5.21. The molecule has 1 aromatic heterocycles. The van der Waals surface area contributed by atoms with E-state index in [-0.39, 0.29) is 6.04 Å². The lowest BCUT2D eigenvalue weighted by atomic mass is 9.98. The van der Waals surface area contributed by atoms with Crippen molar-refractivity contribution in [2.24, 2.45) is 0 Å². The van der Waals surface area contributed by atoms with E-state index in [0.29, 0.717) is 10.0 Å². The predicted molar refractivity (Wildman–Crippen MR) is 89.2 cm³/mol. The van der Waals surface area contributed by atoms with Crippen LogP contribution in [0.25, 0.3) is 10.1 Å². The van der Waals surface area contributed by atoms with Crippen molar-refractivity contribution < 1.29 is 0 Å². The van der Waals surface area contributed by atoms with Crippen LogP contribution in [0.15, 0.2) is 47.8 Å². The zero-order chi connectivity index (χ0) is 14.1. The van der Waals surface area contributed by atoms with Gasteiger partial charge in [0.2, 0.25) is 0 Å². The van der Waals surface area contributed by atoms with Crippen LogP contribution in [0.1, 0.15) is 17.2 Å². The molecule has 0 bridgehead atoms. The van der Waals surface area contributed by atoms with Crippen molar-refractivity contribution in [3.8, 4) is 0 Å². The fraction of sp³-hybridized carbons (Fsp3) is 0.125. The van der Waals surface area contributed by atoms with Crippen LogP contribution < -0.4 is 5.32 Å². The Morgan fingerprint density at radius 3 is 2.55 bits per heavy atom. The van der Waals surface area contributed by atoms with E-state index >= 15 is 0 Å². The number of hydrogen-bond donors (Lipinski definition) is 1. The molecular weight excluding hydrogens is 309 g/mol. The fourth-order valence-corrected chi connectivity index (χ4v) is 3.83. The smallest absolute Gasteiger partial charge is 0.0643 e. The maximum absolute atomic E-state index is 6.37. The largest absolute Gasteiger partial charge is 0.309 e. The molecule has 1 nitrogen and oxygen atoms in total. The molecule has 20 heavy (non-hydrogen) atoms. The topological polar surface area (TPSA) is 12.0 Å². The maximum atomic E-state index is 6.37. The van der Waals surface area contributed by atoms with Gasteiger partial charge < -0.3 is 5.32 Å². The summed E-state index contributed by atoms with van der Waals surface area (Å²) < 4.78 is 1.28. The lowest BCUT2D eigenvalue weighted by molar-refractivity contribution is 0.698. The van der Waals surface area contributed by atoms with Crippen molar-refractivity contribution in [3.05, 3.63) is 69.0 Å². The molecule has 0 aliphatic rings. The minimum Gasteiger partial charge on any atom is -0.309 e. The highest BCUT2D eigenvalue weighted by Crippen LogP contribution is 2.37. The van der Waals surface area contributed by atoms with Crippen molar-refractivity contribution in [2.45, 2.75) is 6.04 Å². The maximum Gasteiger partial charge on any atom is 0.0643 e. The molecule has 1 atom stereocenters. The van der Waals surface area contributed by atoms with Gasteiger partial charge in [-0.3, -0.25) is 0 Å². The van der Waals surface area contributed by atoms with Crippen molar-refractivity contribution in [3.63, 3.8) is 0 Å². The van der Waals surface area contributed by atoms with Crippen LogP contribution in [0.3, 0.4) is 0 Å². The van der Waals surface area contributed by atoms with Crippen LogP contribution in [0, 0.1) is 0 Å². The molecule has 3 rings (SSSR count). The van der Waals surface area contributed by atoms with Crippen LogP contribution in [0.4, 0.5) is 0 Å². The van der Waals surface area contributed by atoms with Crippen LogP contribution >= 0.6 is 34.5 Å². The Bertz CT molecular complexity index is 751. The Morgan fingerprint density at radius 2 is 1.75 bits per heavy atom. The first-order valence-corrected chi connectivity index (χ1v) is 7.93. The highest BCUT2D eigenvalue weighted by Gasteiger charge is 2.19. The standard InChI is InChI=1S/C16H13Cl2NS/c1-19-15(11-5-3-7-13(17)14(11)18)12-6-2-4-10-8-9-20-16(10)12/h2-9,15,19H,1H3. The van der Waals surface area contributed by atoms with E-state index in [1.54, 1.807) is 11.3 Å². The minimum atomic E-state index is 0.0311. The Morgan fingerprint density at radius 1 is 1.00 bits per heavy atom. The number of halogens is 2. The van der Waals surface area contributed by atoms with Gasteiger partial charge in [-0.15, -0.1) is 11.3 Å². The molecule has 1 unspecified atom stereocenters. The Hall–Kier alpha value is -1.06. The third-order valence-electron chi connectivity index (χ3n) is 3.40. The van der Waals surface area contributed by atoms with Crippen molar-refractivity contribution in [1.29, 1.82) is 0 Å². The molecule has 0 spiro atoms. The Labute approximate surface area is 132 Å². The zero-order valence-corrected chi connectivity index (χ0v) is 13.2. The first kappa shape index (κ1) is 13.9. The minimum absolute atomic E-state index is 0.0311. The molecular formula is C16H13Cl2NS. The number of benzene rings is 2. The lowest BCUT2D eigenvalue weighted by Gasteiger charge is -2.20. The molecule has 3 aromatic rings. The van der Waals surface area contributed by atoms with Crippen LogP contribution in [0.5, 0.6) is 0 Å². The van der Waals surface area contributed by atoms with Crippen LogP contribution in [0.2, 0.25) is 10.0 Å². The number of hydrogen-bond acceptors (Lipinski definition) is 2. The van der Waals surface area contributed by atoms with E-state index in [0.717, 1.165) is 5.56 Å². The van der Waals surface area contributed by atoms with Crippen molar-refractivity contribution >= 4 is 44.6 Å². The number of nitrogens with one attached hydrogen (secondary N) is 1. The summed E-state index contributed by atoms with van der Waals surface area (Å²) in [5.74, 6) is 0. The van der Waals surface area contributed by atoms with E-state index < -0.39 is 0 Å². The van der Waals surface area contributed by atoms with Gasteiger partial charge in [0, 0.05) is 4.70 Å². The highest BCUT2D eigenvalue weighted by molar-refractivity contribution is 7.17. The van der Waals surface area contributed by atoms with E-state index in [9.17, 15) is 0 Å². The molecule has 0 saturated heterocycles. The molecule has 2 aromatic carbocycles. The molecule has 1 N–H and O–H groups in total. The van der Waals surface area contributed by atoms with Gasteiger partial charge in [-0.2, -0.15) is 0 Å². The number of fused-ring (bicyclic) bond motifs is 1. The second-order valence-electron chi connectivity index (χ2n) is 4.55. The molecule has 0 amide bonds. The summed E-state index contributed by atoms with van der Waals surface area (Å²) in [6.45, 7) is 0. The summed E-state index contributed by atoms with van der Waals surface area (Å²) in [6.07, 6.45) is 0. The summed E-state index contributed by atoms with van der Waals surface area (Å²) in [6, 6.07) is 14.3. The van der Waals surface area contributed by atoms with Gasteiger partial charge in [-0.25, -0.2) is 0 Å². The zero-order valence-electron chi connectivity index (χ0n) is 10.9. The molecule has 102 valence electrons. The molecule has 0 aliphatic carbocycles. The van der Waals surface area contributed by atoms with E-state index in [1.165, 1.54) is 15.6 Å². The first-order chi connectivity index (χ1) is 9.72. The summed E-state index contributed by atoms with van der Waals surface area (Å²) >= 11 is 14.3. The molecule has 1 heterocycles. The van der Waals surface area contributed by atoms with Gasteiger partial charge in [0.25, 0.3) is 0 Å². The monoisotopic (exact) mass is 321 g/mol. The van der Waals surface area contributed by atoms with E-state index in [4.69, 9.17) is 23.2 Å². The summed E-state index contributed by atoms with van der Waals surface area (Å²) in [7, 11) is 1.94. The first-order valence-electron chi connectivity index (χ1n) is 6.29. The van der Waals surface area contributed by atoms with Crippen molar-refractivity contribution in [2.75, 3.05) is 7.05 Å². The summed E-state index contributed by atoms with van der Waals surface area (Å²) in [4.78, 5) is 0. The summed E-state index contributed by atoms with van der Waals surface area (Å²) in [5.41, 5.74) is 2.23. The van der Waals surface area contributed by atoms with Crippen LogP contribution in [-0.4, -0.2) is 7.05 Å². The number of rotatable bonds is 3.